The van der Waals surface area contributed by atoms with Crippen LogP contribution in [0.25, 0.3) is 10.9 Å². The van der Waals surface area contributed by atoms with Crippen LogP contribution in [0.2, 0.25) is 0 Å². The van der Waals surface area contributed by atoms with Crippen LogP contribution in [0.1, 0.15) is 30.2 Å². The van der Waals surface area contributed by atoms with Gasteiger partial charge >= 0.3 is 0 Å². The predicted molar refractivity (Wildman–Crippen MR) is 74.1 cm³/mol. The minimum atomic E-state index is 0.336. The summed E-state index contributed by atoms with van der Waals surface area (Å²) in [5, 5.41) is 11.9. The van der Waals surface area contributed by atoms with Crippen LogP contribution in [0.15, 0.2) is 41.1 Å². The molecule has 0 radical (unpaired) electrons. The second kappa shape index (κ2) is 4.16. The quantitative estimate of drug-likeness (QED) is 0.733. The van der Waals surface area contributed by atoms with E-state index in [9.17, 15) is 0 Å². The Kier molecular flexibility index (Phi) is 2.33. The van der Waals surface area contributed by atoms with Gasteiger partial charge < -0.3 is 9.73 Å². The first-order valence-corrected chi connectivity index (χ1v) is 6.67. The molecule has 1 aliphatic carbocycles. The van der Waals surface area contributed by atoms with E-state index in [0.717, 1.165) is 35.2 Å². The standard InChI is InChI=1S/C15H15N3O/c1-3-13(11-9-16-18-14(11)5-1)17-12-4-2-6-15-10(12)7-8-19-15/h1,3,5,7-9,12,17H,2,4,6H2,(H,16,18). The highest BCUT2D eigenvalue weighted by Gasteiger charge is 2.22. The van der Waals surface area contributed by atoms with E-state index in [-0.39, 0.29) is 0 Å². The van der Waals surface area contributed by atoms with Crippen molar-refractivity contribution in [1.82, 2.24) is 10.2 Å². The molecule has 1 atom stereocenters. The summed E-state index contributed by atoms with van der Waals surface area (Å²) in [5.41, 5.74) is 3.49. The van der Waals surface area contributed by atoms with E-state index in [4.69, 9.17) is 4.42 Å². The monoisotopic (exact) mass is 253 g/mol. The SMILES string of the molecule is c1cc(NC2CCCc3occc32)c2cn[nH]c2c1. The Morgan fingerprint density at radius 2 is 2.32 bits per heavy atom. The molecule has 19 heavy (non-hydrogen) atoms. The molecule has 0 fully saturated rings. The number of nitrogens with zero attached hydrogens (tertiary/aromatic N) is 1. The van der Waals surface area contributed by atoms with Crippen LogP contribution in [-0.2, 0) is 6.42 Å². The minimum absolute atomic E-state index is 0.336. The summed E-state index contributed by atoms with van der Waals surface area (Å²) in [4.78, 5) is 0. The molecule has 0 saturated heterocycles. The van der Waals surface area contributed by atoms with Gasteiger partial charge in [0.15, 0.2) is 0 Å². The van der Waals surface area contributed by atoms with Gasteiger partial charge in [0.1, 0.15) is 5.76 Å². The van der Waals surface area contributed by atoms with Gasteiger partial charge in [0.25, 0.3) is 0 Å². The highest BCUT2D eigenvalue weighted by atomic mass is 16.3. The molecule has 3 aromatic rings. The molecule has 0 aliphatic heterocycles. The fourth-order valence-electron chi connectivity index (χ4n) is 2.92. The number of aryl methyl sites for hydroxylation is 1. The molecule has 1 unspecified atom stereocenters. The van der Waals surface area contributed by atoms with Crippen molar-refractivity contribution in [1.29, 1.82) is 0 Å². The Bertz CT molecular complexity index is 713. The Morgan fingerprint density at radius 3 is 3.32 bits per heavy atom. The van der Waals surface area contributed by atoms with E-state index in [2.05, 4.69) is 27.6 Å². The van der Waals surface area contributed by atoms with Crippen molar-refractivity contribution in [2.75, 3.05) is 5.32 Å². The summed E-state index contributed by atoms with van der Waals surface area (Å²) < 4.78 is 5.54. The van der Waals surface area contributed by atoms with E-state index in [1.807, 2.05) is 18.3 Å². The number of rotatable bonds is 2. The summed E-state index contributed by atoms with van der Waals surface area (Å²) in [6, 6.07) is 8.61. The van der Waals surface area contributed by atoms with Gasteiger partial charge in [-0.15, -0.1) is 0 Å². The maximum Gasteiger partial charge on any atom is 0.109 e. The third-order valence-electron chi connectivity index (χ3n) is 3.87. The number of anilines is 1. The Morgan fingerprint density at radius 1 is 1.32 bits per heavy atom. The third kappa shape index (κ3) is 1.71. The zero-order chi connectivity index (χ0) is 12.7. The lowest BCUT2D eigenvalue weighted by atomic mass is 9.93. The number of fused-ring (bicyclic) bond motifs is 2. The lowest BCUT2D eigenvalue weighted by molar-refractivity contribution is 0.461. The number of hydrogen-bond acceptors (Lipinski definition) is 3. The number of benzene rings is 1. The number of H-pyrrole nitrogens is 1. The van der Waals surface area contributed by atoms with Crippen molar-refractivity contribution in [3.8, 4) is 0 Å². The number of hydrogen-bond donors (Lipinski definition) is 2. The summed E-state index contributed by atoms with van der Waals surface area (Å²) in [5.74, 6) is 1.13. The molecule has 1 aliphatic rings. The maximum absolute atomic E-state index is 5.54. The van der Waals surface area contributed by atoms with Crippen molar-refractivity contribution in [2.45, 2.75) is 25.3 Å². The van der Waals surface area contributed by atoms with Crippen molar-refractivity contribution >= 4 is 16.6 Å². The Hall–Kier alpha value is -2.23. The van der Waals surface area contributed by atoms with E-state index >= 15 is 0 Å². The largest absolute Gasteiger partial charge is 0.469 e. The lowest BCUT2D eigenvalue weighted by Gasteiger charge is -2.24. The number of nitrogens with one attached hydrogen (secondary N) is 2. The summed E-state index contributed by atoms with van der Waals surface area (Å²) in [6.45, 7) is 0. The number of aromatic amines is 1. The fourth-order valence-corrected chi connectivity index (χ4v) is 2.92. The summed E-state index contributed by atoms with van der Waals surface area (Å²) in [7, 11) is 0. The highest BCUT2D eigenvalue weighted by Crippen LogP contribution is 2.34. The molecule has 0 spiro atoms. The van der Waals surface area contributed by atoms with Gasteiger partial charge in [-0.25, -0.2) is 0 Å². The molecule has 0 bridgehead atoms. The van der Waals surface area contributed by atoms with Crippen LogP contribution < -0.4 is 5.32 Å². The summed E-state index contributed by atoms with van der Waals surface area (Å²) in [6.07, 6.45) is 7.02. The fraction of sp³-hybridized carbons (Fsp3) is 0.267. The maximum atomic E-state index is 5.54. The second-order valence-electron chi connectivity index (χ2n) is 5.03. The van der Waals surface area contributed by atoms with Crippen molar-refractivity contribution in [2.24, 2.45) is 0 Å². The van der Waals surface area contributed by atoms with Gasteiger partial charge in [-0.3, -0.25) is 5.10 Å². The van der Waals surface area contributed by atoms with Gasteiger partial charge in [-0.05, 0) is 31.0 Å². The smallest absolute Gasteiger partial charge is 0.109 e. The van der Waals surface area contributed by atoms with Crippen LogP contribution in [-0.4, -0.2) is 10.2 Å². The van der Waals surface area contributed by atoms with Crippen molar-refractivity contribution in [3.63, 3.8) is 0 Å². The van der Waals surface area contributed by atoms with Gasteiger partial charge in [0.2, 0.25) is 0 Å². The first-order valence-electron chi connectivity index (χ1n) is 6.67. The molecule has 0 amide bonds. The average molecular weight is 253 g/mol. The molecule has 2 heterocycles. The van der Waals surface area contributed by atoms with Gasteiger partial charge in [0.05, 0.1) is 24.0 Å². The van der Waals surface area contributed by atoms with Crippen LogP contribution >= 0.6 is 0 Å². The molecule has 96 valence electrons. The predicted octanol–water partition coefficient (Wildman–Crippen LogP) is 3.65. The van der Waals surface area contributed by atoms with Crippen LogP contribution in [0.4, 0.5) is 5.69 Å². The number of furan rings is 1. The first-order chi connectivity index (χ1) is 9.42. The molecule has 2 N–H and O–H groups in total. The highest BCUT2D eigenvalue weighted by molar-refractivity contribution is 5.91. The molecule has 4 rings (SSSR count). The van der Waals surface area contributed by atoms with E-state index in [0.29, 0.717) is 6.04 Å². The second-order valence-corrected chi connectivity index (χ2v) is 5.03. The normalized spacial score (nSPS) is 18.4. The zero-order valence-electron chi connectivity index (χ0n) is 10.5. The first kappa shape index (κ1) is 10.7. The van der Waals surface area contributed by atoms with Crippen LogP contribution in [0.5, 0.6) is 0 Å². The van der Waals surface area contributed by atoms with E-state index < -0.39 is 0 Å². The molecular formula is C15H15N3O. The molecule has 2 aromatic heterocycles. The average Bonchev–Trinajstić information content (AvgIpc) is 3.08. The molecule has 4 heteroatoms. The van der Waals surface area contributed by atoms with E-state index in [1.54, 1.807) is 6.26 Å². The molecular weight excluding hydrogens is 238 g/mol. The number of aromatic nitrogens is 2. The van der Waals surface area contributed by atoms with E-state index in [1.165, 1.54) is 12.0 Å². The van der Waals surface area contributed by atoms with Gasteiger partial charge in [-0.1, -0.05) is 6.07 Å². The topological polar surface area (TPSA) is 53.9 Å². The Labute approximate surface area is 110 Å². The molecule has 1 aromatic carbocycles. The summed E-state index contributed by atoms with van der Waals surface area (Å²) >= 11 is 0. The lowest BCUT2D eigenvalue weighted by Crippen LogP contribution is -2.15. The molecule has 4 nitrogen and oxygen atoms in total. The Balaban J connectivity index is 1.71. The van der Waals surface area contributed by atoms with Crippen LogP contribution in [0, 0.1) is 0 Å². The van der Waals surface area contributed by atoms with Gasteiger partial charge in [0, 0.05) is 23.1 Å². The minimum Gasteiger partial charge on any atom is -0.469 e. The third-order valence-corrected chi connectivity index (χ3v) is 3.87. The zero-order valence-corrected chi connectivity index (χ0v) is 10.5. The van der Waals surface area contributed by atoms with Gasteiger partial charge in [-0.2, -0.15) is 5.10 Å². The van der Waals surface area contributed by atoms with Crippen LogP contribution in [0.3, 0.4) is 0 Å². The van der Waals surface area contributed by atoms with Crippen molar-refractivity contribution in [3.05, 3.63) is 48.0 Å². The molecule has 0 saturated carbocycles. The van der Waals surface area contributed by atoms with Crippen molar-refractivity contribution < 1.29 is 4.42 Å².